The molecule has 0 saturated heterocycles. The molecule has 0 fully saturated rings. The topological polar surface area (TPSA) is 114 Å². The van der Waals surface area contributed by atoms with Gasteiger partial charge in [0.2, 0.25) is 5.91 Å². The number of amides is 2. The fourth-order valence-corrected chi connectivity index (χ4v) is 3.98. The number of hydrogen-bond acceptors (Lipinski definition) is 5. The molecule has 188 valence electrons. The number of carbonyl (C=O) groups excluding carboxylic acids is 2. The van der Waals surface area contributed by atoms with Crippen LogP contribution in [0.2, 0.25) is 0 Å². The number of carboxylic acids is 1. The third-order valence-corrected chi connectivity index (χ3v) is 5.65. The van der Waals surface area contributed by atoms with E-state index in [1.54, 1.807) is 5.32 Å². The molecule has 0 heterocycles. The Bertz CT molecular complexity index is 1030. The molecular weight excluding hydrogens is 469 g/mol. The first kappa shape index (κ1) is 26.0. The van der Waals surface area contributed by atoms with Crippen molar-refractivity contribution in [3.05, 3.63) is 59.7 Å². The highest BCUT2D eigenvalue weighted by Crippen LogP contribution is 2.44. The van der Waals surface area contributed by atoms with Crippen molar-refractivity contribution >= 4 is 18.0 Å². The number of carbonyl (C=O) groups is 3. The molecular formula is C24H25F3N2O6. The van der Waals surface area contributed by atoms with Crippen LogP contribution in [0.4, 0.5) is 18.0 Å². The van der Waals surface area contributed by atoms with Crippen LogP contribution in [0.1, 0.15) is 29.9 Å². The third-order valence-electron chi connectivity index (χ3n) is 5.65. The quantitative estimate of drug-likeness (QED) is 0.466. The van der Waals surface area contributed by atoms with Gasteiger partial charge in [-0.25, -0.2) is 4.79 Å². The number of nitrogens with one attached hydrogen (secondary N) is 2. The lowest BCUT2D eigenvalue weighted by molar-refractivity contribution is -0.170. The van der Waals surface area contributed by atoms with Gasteiger partial charge in [-0.05, 0) is 22.3 Å². The van der Waals surface area contributed by atoms with Crippen LogP contribution in [-0.4, -0.2) is 61.7 Å². The molecule has 8 nitrogen and oxygen atoms in total. The fraction of sp³-hybridized carbons (Fsp3) is 0.375. The number of methoxy groups -OCH3 is 1. The minimum atomic E-state index is -4.98. The van der Waals surface area contributed by atoms with Crippen LogP contribution < -0.4 is 10.6 Å². The highest BCUT2D eigenvalue weighted by molar-refractivity contribution is 5.86. The van der Waals surface area contributed by atoms with Gasteiger partial charge in [-0.15, -0.1) is 0 Å². The summed E-state index contributed by atoms with van der Waals surface area (Å²) in [7, 11) is 1.32. The van der Waals surface area contributed by atoms with Crippen molar-refractivity contribution in [2.75, 3.05) is 20.3 Å². The SMILES string of the molecule is COCCC(NC(=O)OCC1c2ccccc2-c2ccccc21)C(=O)NC(CC(=O)O)C(F)(F)F. The van der Waals surface area contributed by atoms with Crippen molar-refractivity contribution in [1.82, 2.24) is 10.6 Å². The lowest BCUT2D eigenvalue weighted by atomic mass is 9.98. The van der Waals surface area contributed by atoms with Crippen LogP contribution in [0.3, 0.4) is 0 Å². The summed E-state index contributed by atoms with van der Waals surface area (Å²) >= 11 is 0. The largest absolute Gasteiger partial charge is 0.481 e. The Balaban J connectivity index is 1.67. The Kier molecular flexibility index (Phi) is 8.34. The normalized spacial score (nSPS) is 14.4. The van der Waals surface area contributed by atoms with Crippen molar-refractivity contribution in [1.29, 1.82) is 0 Å². The molecule has 0 aromatic heterocycles. The van der Waals surface area contributed by atoms with Gasteiger partial charge in [0.1, 0.15) is 18.7 Å². The number of aliphatic carboxylic acids is 1. The number of halogens is 3. The zero-order valence-corrected chi connectivity index (χ0v) is 18.8. The molecule has 0 radical (unpaired) electrons. The Morgan fingerprint density at radius 3 is 2.09 bits per heavy atom. The van der Waals surface area contributed by atoms with Crippen molar-refractivity contribution < 1.29 is 42.1 Å². The summed E-state index contributed by atoms with van der Waals surface area (Å²) in [5, 5.41) is 12.7. The van der Waals surface area contributed by atoms with Gasteiger partial charge in [0, 0.05) is 26.1 Å². The maximum atomic E-state index is 13.1. The molecule has 0 spiro atoms. The van der Waals surface area contributed by atoms with Gasteiger partial charge in [0.25, 0.3) is 0 Å². The molecule has 2 aromatic rings. The summed E-state index contributed by atoms with van der Waals surface area (Å²) < 4.78 is 49.6. The average molecular weight is 494 g/mol. The highest BCUT2D eigenvalue weighted by Gasteiger charge is 2.43. The molecule has 2 atom stereocenters. The molecule has 1 aliphatic carbocycles. The van der Waals surface area contributed by atoms with E-state index in [1.807, 2.05) is 48.5 Å². The number of alkyl halides is 3. The van der Waals surface area contributed by atoms with Gasteiger partial charge in [0.15, 0.2) is 0 Å². The van der Waals surface area contributed by atoms with Gasteiger partial charge in [-0.2, -0.15) is 13.2 Å². The van der Waals surface area contributed by atoms with E-state index in [0.29, 0.717) is 0 Å². The van der Waals surface area contributed by atoms with E-state index in [0.717, 1.165) is 22.3 Å². The lowest BCUT2D eigenvalue weighted by Gasteiger charge is -2.24. The van der Waals surface area contributed by atoms with Gasteiger partial charge < -0.3 is 25.2 Å². The first-order valence-corrected chi connectivity index (χ1v) is 10.8. The molecule has 2 unspecified atom stereocenters. The Labute approximate surface area is 199 Å². The minimum absolute atomic E-state index is 0.0443. The second kappa shape index (κ2) is 11.2. The third kappa shape index (κ3) is 6.50. The smallest absolute Gasteiger partial charge is 0.409 e. The average Bonchev–Trinajstić information content (AvgIpc) is 3.12. The van der Waals surface area contributed by atoms with E-state index in [4.69, 9.17) is 14.6 Å². The zero-order chi connectivity index (χ0) is 25.6. The van der Waals surface area contributed by atoms with E-state index in [2.05, 4.69) is 5.32 Å². The van der Waals surface area contributed by atoms with E-state index >= 15 is 0 Å². The van der Waals surface area contributed by atoms with Crippen LogP contribution in [0.5, 0.6) is 0 Å². The minimum Gasteiger partial charge on any atom is -0.481 e. The lowest BCUT2D eigenvalue weighted by Crippen LogP contribution is -2.54. The van der Waals surface area contributed by atoms with E-state index in [9.17, 15) is 27.6 Å². The molecule has 0 bridgehead atoms. The predicted molar refractivity (Wildman–Crippen MR) is 119 cm³/mol. The molecule has 0 aliphatic heterocycles. The summed E-state index contributed by atoms with van der Waals surface area (Å²) in [6.07, 6.45) is -7.48. The van der Waals surface area contributed by atoms with Gasteiger partial charge >= 0.3 is 18.2 Å². The summed E-state index contributed by atoms with van der Waals surface area (Å²) in [5.74, 6) is -3.17. The first-order valence-electron chi connectivity index (χ1n) is 10.8. The van der Waals surface area contributed by atoms with E-state index in [1.165, 1.54) is 7.11 Å². The van der Waals surface area contributed by atoms with E-state index < -0.39 is 42.7 Å². The summed E-state index contributed by atoms with van der Waals surface area (Å²) in [6.45, 7) is -0.0972. The number of alkyl carbamates (subject to hydrolysis) is 1. The Morgan fingerprint density at radius 2 is 1.57 bits per heavy atom. The van der Waals surface area contributed by atoms with Crippen LogP contribution in [-0.2, 0) is 19.1 Å². The molecule has 2 amide bonds. The number of fused-ring (bicyclic) bond motifs is 3. The van der Waals surface area contributed by atoms with E-state index in [-0.39, 0.29) is 25.6 Å². The molecule has 0 saturated carbocycles. The van der Waals surface area contributed by atoms with Gasteiger partial charge in [-0.1, -0.05) is 48.5 Å². The maximum Gasteiger partial charge on any atom is 0.409 e. The van der Waals surface area contributed by atoms with Crippen molar-refractivity contribution in [2.24, 2.45) is 0 Å². The zero-order valence-electron chi connectivity index (χ0n) is 18.8. The highest BCUT2D eigenvalue weighted by atomic mass is 19.4. The van der Waals surface area contributed by atoms with Crippen molar-refractivity contribution in [2.45, 2.75) is 37.0 Å². The second-order valence-electron chi connectivity index (χ2n) is 8.00. The molecule has 11 heteroatoms. The molecule has 3 N–H and O–H groups in total. The number of ether oxygens (including phenoxy) is 2. The standard InChI is InChI=1S/C24H25F3N2O6/c1-34-11-10-19(22(32)29-20(12-21(30)31)24(25,26)27)28-23(33)35-13-18-16-8-4-2-6-14(16)15-7-3-5-9-17(15)18/h2-9,18-20H,10-13H2,1H3,(H,28,33)(H,29,32)(H,30,31). The molecule has 35 heavy (non-hydrogen) atoms. The predicted octanol–water partition coefficient (Wildman–Crippen LogP) is 3.45. The summed E-state index contributed by atoms with van der Waals surface area (Å²) in [5.41, 5.74) is 3.98. The summed E-state index contributed by atoms with van der Waals surface area (Å²) in [4.78, 5) is 35.8. The van der Waals surface area contributed by atoms with Crippen LogP contribution >= 0.6 is 0 Å². The van der Waals surface area contributed by atoms with Crippen LogP contribution in [0, 0.1) is 0 Å². The van der Waals surface area contributed by atoms with Crippen molar-refractivity contribution in [3.8, 4) is 11.1 Å². The molecule has 2 aromatic carbocycles. The fourth-order valence-electron chi connectivity index (χ4n) is 3.98. The van der Waals surface area contributed by atoms with Crippen LogP contribution in [0.15, 0.2) is 48.5 Å². The van der Waals surface area contributed by atoms with Gasteiger partial charge in [0.05, 0.1) is 6.42 Å². The first-order chi connectivity index (χ1) is 16.6. The monoisotopic (exact) mass is 494 g/mol. The maximum absolute atomic E-state index is 13.1. The van der Waals surface area contributed by atoms with Crippen LogP contribution in [0.25, 0.3) is 11.1 Å². The van der Waals surface area contributed by atoms with Crippen molar-refractivity contribution in [3.63, 3.8) is 0 Å². The second-order valence-corrected chi connectivity index (χ2v) is 8.00. The van der Waals surface area contributed by atoms with Gasteiger partial charge in [-0.3, -0.25) is 9.59 Å². The molecule has 1 aliphatic rings. The number of hydrogen-bond donors (Lipinski definition) is 3. The Morgan fingerprint density at radius 1 is 1.00 bits per heavy atom. The number of rotatable bonds is 10. The number of carboxylic acid groups (broad SMARTS) is 1. The summed E-state index contributed by atoms with van der Waals surface area (Å²) in [6, 6.07) is 11.3. The molecule has 3 rings (SSSR count). The number of benzene rings is 2. The Hall–Kier alpha value is -3.60.